The molecule has 0 rings (SSSR count). The lowest BCUT2D eigenvalue weighted by atomic mass is 10.4. The highest BCUT2D eigenvalue weighted by Gasteiger charge is 2.23. The van der Waals surface area contributed by atoms with E-state index in [-0.39, 0.29) is 13.2 Å². The second-order valence-corrected chi connectivity index (χ2v) is 4.23. The Kier molecular flexibility index (Phi) is 7.60. The molecule has 0 saturated carbocycles. The van der Waals surface area contributed by atoms with Gasteiger partial charge in [-0.15, -0.1) is 0 Å². The molecular weight excluding hydrogens is 223 g/mol. The fourth-order valence-corrected chi connectivity index (χ4v) is 1.43. The van der Waals surface area contributed by atoms with Crippen molar-refractivity contribution in [2.24, 2.45) is 0 Å². The summed E-state index contributed by atoms with van der Waals surface area (Å²) in [4.78, 5) is 19.3. The summed E-state index contributed by atoms with van der Waals surface area (Å²) in [6.45, 7) is 3.77. The molecule has 1 atom stereocenters. The van der Waals surface area contributed by atoms with Crippen molar-refractivity contribution in [3.8, 4) is 0 Å². The number of hydrogen-bond donors (Lipinski definition) is 1. The van der Waals surface area contributed by atoms with Crippen molar-refractivity contribution in [2.75, 3.05) is 19.8 Å². The molecule has 1 unspecified atom stereocenters. The Balaban J connectivity index is 3.49. The second-order valence-electron chi connectivity index (χ2n) is 2.85. The van der Waals surface area contributed by atoms with E-state index in [9.17, 15) is 9.36 Å². The third kappa shape index (κ3) is 9.87. The normalized spacial score (nSPS) is 14.6. The van der Waals surface area contributed by atoms with Gasteiger partial charge < -0.3 is 9.26 Å². The molecule has 0 aromatic rings. The first kappa shape index (κ1) is 14.6. The Morgan fingerprint density at radius 2 is 2.00 bits per heavy atom. The van der Waals surface area contributed by atoms with E-state index in [2.05, 4.69) is 9.05 Å². The maximum absolute atomic E-state index is 10.9. The van der Waals surface area contributed by atoms with Crippen molar-refractivity contribution in [1.29, 1.82) is 0 Å². The zero-order chi connectivity index (χ0) is 11.7. The molecule has 90 valence electrons. The van der Waals surface area contributed by atoms with Crippen LogP contribution in [0.5, 0.6) is 0 Å². The Bertz CT molecular complexity index is 229. The largest absolute Gasteiger partial charge is 0.529 e. The average Bonchev–Trinajstić information content (AvgIpc) is 2.08. The van der Waals surface area contributed by atoms with E-state index in [0.717, 1.165) is 19.8 Å². The standard InChI is InChI=1S/C8H17O6P/c1-3-4-5-12-6-7-13-15(10,11)14-8(2)9/h3-7H2,1-2H3,(H,10,11). The molecule has 0 saturated heterocycles. The number of phosphoric ester groups is 1. The zero-order valence-corrected chi connectivity index (χ0v) is 9.87. The van der Waals surface area contributed by atoms with Crippen LogP contribution in [0.4, 0.5) is 0 Å². The van der Waals surface area contributed by atoms with E-state index < -0.39 is 13.8 Å². The van der Waals surface area contributed by atoms with Gasteiger partial charge in [0.2, 0.25) is 0 Å². The van der Waals surface area contributed by atoms with Crippen LogP contribution in [0.1, 0.15) is 26.7 Å². The van der Waals surface area contributed by atoms with Crippen molar-refractivity contribution in [1.82, 2.24) is 0 Å². The van der Waals surface area contributed by atoms with Crippen LogP contribution in [0.15, 0.2) is 0 Å². The van der Waals surface area contributed by atoms with Crippen LogP contribution in [0, 0.1) is 0 Å². The van der Waals surface area contributed by atoms with Crippen molar-refractivity contribution in [3.63, 3.8) is 0 Å². The summed E-state index contributed by atoms with van der Waals surface area (Å²) in [6.07, 6.45) is 1.95. The van der Waals surface area contributed by atoms with Crippen molar-refractivity contribution >= 4 is 13.8 Å². The van der Waals surface area contributed by atoms with E-state index in [1.54, 1.807) is 0 Å². The highest BCUT2D eigenvalue weighted by atomic mass is 31.2. The van der Waals surface area contributed by atoms with Crippen LogP contribution in [0.3, 0.4) is 0 Å². The molecular formula is C8H17O6P. The Morgan fingerprint density at radius 3 is 2.53 bits per heavy atom. The van der Waals surface area contributed by atoms with E-state index in [4.69, 9.17) is 9.63 Å². The topological polar surface area (TPSA) is 82.1 Å². The average molecular weight is 240 g/mol. The van der Waals surface area contributed by atoms with Crippen molar-refractivity contribution < 1.29 is 28.0 Å². The number of rotatable bonds is 8. The van der Waals surface area contributed by atoms with Crippen LogP contribution in [0.2, 0.25) is 0 Å². The minimum atomic E-state index is -4.23. The summed E-state index contributed by atoms with van der Waals surface area (Å²) in [7, 11) is -4.23. The molecule has 0 bridgehead atoms. The van der Waals surface area contributed by atoms with Crippen LogP contribution in [-0.2, 0) is 23.1 Å². The van der Waals surface area contributed by atoms with Gasteiger partial charge in [0, 0.05) is 13.5 Å². The number of hydrogen-bond acceptors (Lipinski definition) is 5. The maximum Gasteiger partial charge on any atom is 0.529 e. The van der Waals surface area contributed by atoms with Gasteiger partial charge in [0.15, 0.2) is 0 Å². The van der Waals surface area contributed by atoms with E-state index >= 15 is 0 Å². The van der Waals surface area contributed by atoms with Crippen LogP contribution >= 0.6 is 7.82 Å². The summed E-state index contributed by atoms with van der Waals surface area (Å²) in [6, 6.07) is 0. The molecule has 7 heteroatoms. The van der Waals surface area contributed by atoms with Gasteiger partial charge in [-0.1, -0.05) is 13.3 Å². The van der Waals surface area contributed by atoms with Gasteiger partial charge in [0.05, 0.1) is 13.2 Å². The molecule has 0 radical (unpaired) electrons. The lowest BCUT2D eigenvalue weighted by molar-refractivity contribution is -0.133. The fraction of sp³-hybridized carbons (Fsp3) is 0.875. The van der Waals surface area contributed by atoms with Crippen molar-refractivity contribution in [3.05, 3.63) is 0 Å². The number of carbonyl (C=O) groups excluding carboxylic acids is 1. The lowest BCUT2D eigenvalue weighted by Crippen LogP contribution is -2.06. The highest BCUT2D eigenvalue weighted by molar-refractivity contribution is 7.48. The smallest absolute Gasteiger partial charge is 0.379 e. The quantitative estimate of drug-likeness (QED) is 0.511. The zero-order valence-electron chi connectivity index (χ0n) is 8.97. The number of phosphoric acid groups is 1. The third-order valence-electron chi connectivity index (χ3n) is 1.37. The SMILES string of the molecule is CCCCOCCOP(=O)(O)OC(C)=O. The lowest BCUT2D eigenvalue weighted by Gasteiger charge is -2.10. The highest BCUT2D eigenvalue weighted by Crippen LogP contribution is 2.42. The molecule has 0 aliphatic rings. The van der Waals surface area contributed by atoms with Gasteiger partial charge in [-0.25, -0.2) is 4.57 Å². The van der Waals surface area contributed by atoms with E-state index in [1.807, 2.05) is 6.92 Å². The minimum Gasteiger partial charge on any atom is -0.379 e. The summed E-state index contributed by atoms with van der Waals surface area (Å²) in [5.74, 6) is -0.854. The van der Waals surface area contributed by atoms with E-state index in [1.165, 1.54) is 0 Å². The molecule has 0 aliphatic carbocycles. The first-order valence-corrected chi connectivity index (χ1v) is 6.22. The molecule has 0 fully saturated rings. The van der Waals surface area contributed by atoms with Crippen LogP contribution in [0.25, 0.3) is 0 Å². The molecule has 0 amide bonds. The first-order chi connectivity index (χ1) is 6.98. The molecule has 15 heavy (non-hydrogen) atoms. The van der Waals surface area contributed by atoms with E-state index in [0.29, 0.717) is 6.61 Å². The second kappa shape index (κ2) is 7.82. The Labute approximate surface area is 89.1 Å². The maximum atomic E-state index is 10.9. The van der Waals surface area contributed by atoms with Gasteiger partial charge in [0.1, 0.15) is 0 Å². The molecule has 6 nitrogen and oxygen atoms in total. The predicted octanol–water partition coefficient (Wildman–Crippen LogP) is 1.48. The minimum absolute atomic E-state index is 0.0786. The van der Waals surface area contributed by atoms with Crippen LogP contribution in [-0.4, -0.2) is 30.7 Å². The molecule has 0 aliphatic heterocycles. The van der Waals surface area contributed by atoms with Gasteiger partial charge in [-0.05, 0) is 6.42 Å². The predicted molar refractivity (Wildman–Crippen MR) is 53.3 cm³/mol. The monoisotopic (exact) mass is 240 g/mol. The number of ether oxygens (including phenoxy) is 1. The first-order valence-electron chi connectivity index (χ1n) is 4.73. The molecule has 0 aromatic carbocycles. The van der Waals surface area contributed by atoms with Crippen LogP contribution < -0.4 is 0 Å². The van der Waals surface area contributed by atoms with Crippen molar-refractivity contribution in [2.45, 2.75) is 26.7 Å². The third-order valence-corrected chi connectivity index (χ3v) is 2.36. The number of unbranched alkanes of at least 4 members (excludes halogenated alkanes) is 1. The van der Waals surface area contributed by atoms with Gasteiger partial charge in [-0.2, -0.15) is 0 Å². The van der Waals surface area contributed by atoms with Gasteiger partial charge in [0.25, 0.3) is 0 Å². The van der Waals surface area contributed by atoms with Gasteiger partial charge in [-0.3, -0.25) is 14.2 Å². The summed E-state index contributed by atoms with van der Waals surface area (Å²) < 4.78 is 24.5. The molecule has 0 aromatic heterocycles. The number of carbonyl (C=O) groups is 1. The molecule has 0 spiro atoms. The van der Waals surface area contributed by atoms with Gasteiger partial charge >= 0.3 is 13.8 Å². The Morgan fingerprint density at radius 1 is 1.33 bits per heavy atom. The summed E-state index contributed by atoms with van der Waals surface area (Å²) >= 11 is 0. The Hall–Kier alpha value is -0.420. The summed E-state index contributed by atoms with van der Waals surface area (Å²) in [5, 5.41) is 0. The molecule has 1 N–H and O–H groups in total. The summed E-state index contributed by atoms with van der Waals surface area (Å²) in [5.41, 5.74) is 0. The fourth-order valence-electron chi connectivity index (χ4n) is 0.749. The molecule has 0 heterocycles.